The molecule has 102 valence electrons. The van der Waals surface area contributed by atoms with Crippen LogP contribution in [0.25, 0.3) is 0 Å². The minimum absolute atomic E-state index is 0.00173. The van der Waals surface area contributed by atoms with E-state index < -0.39 is 0 Å². The second-order valence-electron chi connectivity index (χ2n) is 4.18. The summed E-state index contributed by atoms with van der Waals surface area (Å²) in [6.07, 6.45) is 0. The quantitative estimate of drug-likeness (QED) is 0.457. The number of ether oxygens (including phenoxy) is 1. The van der Waals surface area contributed by atoms with Crippen LogP contribution in [0, 0.1) is 0 Å². The van der Waals surface area contributed by atoms with Crippen molar-refractivity contribution in [1.82, 2.24) is 5.32 Å². The molecule has 2 amide bonds. The molecule has 0 aromatic heterocycles. The largest absolute Gasteiger partial charge is 0.482 e. The second kappa shape index (κ2) is 5.47. The number of nitrogens with two attached hydrogens (primary N) is 1. The molecule has 0 fully saturated rings. The molecular weight excluding hydrogens is 248 g/mol. The molecule has 1 aliphatic heterocycles. The fourth-order valence-corrected chi connectivity index (χ4v) is 1.73. The summed E-state index contributed by atoms with van der Waals surface area (Å²) in [5.74, 6) is 0.284. The minimum Gasteiger partial charge on any atom is -0.482 e. The smallest absolute Gasteiger partial charge is 0.262 e. The molecule has 0 radical (unpaired) electrons. The van der Waals surface area contributed by atoms with Crippen LogP contribution in [-0.4, -0.2) is 31.5 Å². The maximum Gasteiger partial charge on any atom is 0.262 e. The normalized spacial score (nSPS) is 13.0. The molecule has 0 unspecified atom stereocenters. The monoisotopic (exact) mass is 264 g/mol. The van der Waals surface area contributed by atoms with Gasteiger partial charge in [0.15, 0.2) is 6.61 Å². The molecule has 1 aromatic rings. The first-order valence-electron chi connectivity index (χ1n) is 5.91. The Bertz CT molecular complexity index is 516. The van der Waals surface area contributed by atoms with Crippen molar-refractivity contribution in [2.45, 2.75) is 6.92 Å². The van der Waals surface area contributed by atoms with E-state index in [1.54, 1.807) is 12.1 Å². The number of hydrogen-bond acceptors (Lipinski definition) is 5. The summed E-state index contributed by atoms with van der Waals surface area (Å²) >= 11 is 0. The average molecular weight is 264 g/mol. The third kappa shape index (κ3) is 3.27. The number of rotatable bonds is 4. The highest BCUT2D eigenvalue weighted by atomic mass is 16.5. The summed E-state index contributed by atoms with van der Waals surface area (Å²) in [5.41, 5.74) is 7.68. The molecule has 1 aromatic carbocycles. The van der Waals surface area contributed by atoms with Gasteiger partial charge in [-0.1, -0.05) is 0 Å². The maximum atomic E-state index is 11.2. The van der Waals surface area contributed by atoms with Crippen LogP contribution in [0.2, 0.25) is 0 Å². The van der Waals surface area contributed by atoms with Crippen molar-refractivity contribution < 1.29 is 14.3 Å². The third-order valence-corrected chi connectivity index (χ3v) is 2.60. The summed E-state index contributed by atoms with van der Waals surface area (Å²) in [6, 6.07) is 3.38. The average Bonchev–Trinajstić information content (AvgIpc) is 2.35. The molecular formula is C12H16N4O3. The number of anilines is 3. The van der Waals surface area contributed by atoms with E-state index in [4.69, 9.17) is 10.5 Å². The van der Waals surface area contributed by atoms with Gasteiger partial charge in [-0.2, -0.15) is 0 Å². The van der Waals surface area contributed by atoms with Crippen LogP contribution >= 0.6 is 0 Å². The van der Waals surface area contributed by atoms with Gasteiger partial charge in [0.2, 0.25) is 5.91 Å². The first kappa shape index (κ1) is 13.0. The van der Waals surface area contributed by atoms with E-state index in [9.17, 15) is 9.59 Å². The molecule has 0 saturated heterocycles. The number of fused-ring (bicyclic) bond motifs is 1. The van der Waals surface area contributed by atoms with Gasteiger partial charge in [-0.3, -0.25) is 9.59 Å². The number of benzene rings is 1. The lowest BCUT2D eigenvalue weighted by atomic mass is 10.2. The van der Waals surface area contributed by atoms with Crippen LogP contribution in [0.5, 0.6) is 5.75 Å². The molecule has 19 heavy (non-hydrogen) atoms. The highest BCUT2D eigenvalue weighted by molar-refractivity contribution is 5.97. The van der Waals surface area contributed by atoms with Gasteiger partial charge in [-0.05, 0) is 6.07 Å². The van der Waals surface area contributed by atoms with E-state index in [0.717, 1.165) is 0 Å². The van der Waals surface area contributed by atoms with Gasteiger partial charge in [0.1, 0.15) is 5.75 Å². The molecule has 5 N–H and O–H groups in total. The Morgan fingerprint density at radius 3 is 3.00 bits per heavy atom. The zero-order chi connectivity index (χ0) is 13.8. The lowest BCUT2D eigenvalue weighted by molar-refractivity contribution is -0.119. The van der Waals surface area contributed by atoms with Crippen molar-refractivity contribution >= 4 is 28.9 Å². The predicted molar refractivity (Wildman–Crippen MR) is 72.2 cm³/mol. The molecule has 0 bridgehead atoms. The lowest BCUT2D eigenvalue weighted by Crippen LogP contribution is -2.27. The topological polar surface area (TPSA) is 105 Å². The van der Waals surface area contributed by atoms with Gasteiger partial charge in [-0.25, -0.2) is 0 Å². The SMILES string of the molecule is CC(=O)NCCNc1cc2c(cc1N)OCC(=O)N2. The van der Waals surface area contributed by atoms with Crippen LogP contribution in [0.4, 0.5) is 17.1 Å². The number of carbonyl (C=O) groups is 2. The van der Waals surface area contributed by atoms with Gasteiger partial charge in [0, 0.05) is 26.1 Å². The molecule has 1 aliphatic rings. The van der Waals surface area contributed by atoms with Crippen molar-refractivity contribution in [1.29, 1.82) is 0 Å². The minimum atomic E-state index is -0.193. The van der Waals surface area contributed by atoms with Gasteiger partial charge in [0.25, 0.3) is 5.91 Å². The zero-order valence-electron chi connectivity index (χ0n) is 10.6. The zero-order valence-corrected chi connectivity index (χ0v) is 10.6. The van der Waals surface area contributed by atoms with E-state index in [-0.39, 0.29) is 18.4 Å². The molecule has 1 heterocycles. The van der Waals surface area contributed by atoms with Crippen LogP contribution in [0.1, 0.15) is 6.92 Å². The van der Waals surface area contributed by atoms with E-state index in [1.165, 1.54) is 6.92 Å². The van der Waals surface area contributed by atoms with Crippen LogP contribution < -0.4 is 26.4 Å². The van der Waals surface area contributed by atoms with Gasteiger partial charge in [0.05, 0.1) is 17.1 Å². The van der Waals surface area contributed by atoms with E-state index in [1.807, 2.05) is 0 Å². The first-order valence-corrected chi connectivity index (χ1v) is 5.91. The van der Waals surface area contributed by atoms with Crippen molar-refractivity contribution in [2.75, 3.05) is 36.1 Å². The van der Waals surface area contributed by atoms with Crippen LogP contribution in [-0.2, 0) is 9.59 Å². The summed E-state index contributed by atoms with van der Waals surface area (Å²) < 4.78 is 5.25. The summed E-state index contributed by atoms with van der Waals surface area (Å²) in [5, 5.41) is 8.46. The maximum absolute atomic E-state index is 11.2. The van der Waals surface area contributed by atoms with Crippen molar-refractivity contribution in [3.63, 3.8) is 0 Å². The van der Waals surface area contributed by atoms with E-state index in [2.05, 4.69) is 16.0 Å². The third-order valence-electron chi connectivity index (χ3n) is 2.60. The molecule has 0 spiro atoms. The van der Waals surface area contributed by atoms with Gasteiger partial charge < -0.3 is 26.4 Å². The Balaban J connectivity index is 2.02. The van der Waals surface area contributed by atoms with Crippen molar-refractivity contribution in [3.8, 4) is 5.75 Å². The Morgan fingerprint density at radius 2 is 2.26 bits per heavy atom. The van der Waals surface area contributed by atoms with E-state index in [0.29, 0.717) is 35.9 Å². The van der Waals surface area contributed by atoms with Gasteiger partial charge in [-0.15, -0.1) is 0 Å². The lowest BCUT2D eigenvalue weighted by Gasteiger charge is -2.20. The number of nitrogens with one attached hydrogen (secondary N) is 3. The van der Waals surface area contributed by atoms with Crippen molar-refractivity contribution in [2.24, 2.45) is 0 Å². The van der Waals surface area contributed by atoms with Crippen molar-refractivity contribution in [3.05, 3.63) is 12.1 Å². The number of hydrogen-bond donors (Lipinski definition) is 4. The van der Waals surface area contributed by atoms with Crippen LogP contribution in [0.3, 0.4) is 0 Å². The Kier molecular flexibility index (Phi) is 3.74. The summed E-state index contributed by atoms with van der Waals surface area (Å²) in [4.78, 5) is 21.9. The Hall–Kier alpha value is -2.44. The number of carbonyl (C=O) groups excluding carboxylic acids is 2. The molecule has 7 nitrogen and oxygen atoms in total. The molecule has 0 atom stereocenters. The second-order valence-corrected chi connectivity index (χ2v) is 4.18. The molecule has 0 saturated carbocycles. The summed E-state index contributed by atoms with van der Waals surface area (Å²) in [7, 11) is 0. The highest BCUT2D eigenvalue weighted by Gasteiger charge is 2.17. The molecule has 7 heteroatoms. The predicted octanol–water partition coefficient (Wildman–Crippen LogP) is 0.148. The Labute approximate surface area is 110 Å². The highest BCUT2D eigenvalue weighted by Crippen LogP contribution is 2.34. The fraction of sp³-hybridized carbons (Fsp3) is 0.333. The Morgan fingerprint density at radius 1 is 1.47 bits per heavy atom. The number of nitrogen functional groups attached to an aromatic ring is 1. The summed E-state index contributed by atoms with van der Waals surface area (Å²) in [6.45, 7) is 2.49. The van der Waals surface area contributed by atoms with Gasteiger partial charge >= 0.3 is 0 Å². The van der Waals surface area contributed by atoms with Crippen LogP contribution in [0.15, 0.2) is 12.1 Å². The molecule has 2 rings (SSSR count). The standard InChI is InChI=1S/C12H16N4O3/c1-7(17)14-2-3-15-9-5-10-11(4-8(9)13)19-6-12(18)16-10/h4-5,15H,2-3,6,13H2,1H3,(H,14,17)(H,16,18). The first-order chi connectivity index (χ1) is 9.06. The fourth-order valence-electron chi connectivity index (χ4n) is 1.73. The molecule has 0 aliphatic carbocycles. The van der Waals surface area contributed by atoms with E-state index >= 15 is 0 Å². The number of amides is 2.